The predicted molar refractivity (Wildman–Crippen MR) is 221 cm³/mol. The Bertz CT molecular complexity index is 2660. The molecule has 0 saturated carbocycles. The first kappa shape index (κ1) is 35.7. The summed E-state index contributed by atoms with van der Waals surface area (Å²) >= 11 is 0. The predicted octanol–water partition coefficient (Wildman–Crippen LogP) is 12.1. The van der Waals surface area contributed by atoms with Gasteiger partial charge in [0.2, 0.25) is 0 Å². The third-order valence-electron chi connectivity index (χ3n) is 11.1. The number of carbonyl (C=O) groups is 2. The Morgan fingerprint density at radius 1 is 0.836 bits per heavy atom. The fourth-order valence-corrected chi connectivity index (χ4v) is 8.54. The van der Waals surface area contributed by atoms with Gasteiger partial charge >= 0.3 is 5.97 Å². The molecular formula is C49H42FNO4. The molecule has 0 amide bonds. The molecule has 6 aromatic carbocycles. The Hall–Kier alpha value is -6.27. The zero-order valence-electron chi connectivity index (χ0n) is 31.3. The molecule has 6 heteroatoms. The average Bonchev–Trinajstić information content (AvgIpc) is 3.15. The molecule has 0 radical (unpaired) electrons. The summed E-state index contributed by atoms with van der Waals surface area (Å²) in [6.45, 7) is 9.73. The van der Waals surface area contributed by atoms with Crippen molar-refractivity contribution in [2.75, 3.05) is 5.32 Å². The van der Waals surface area contributed by atoms with Crippen LogP contribution in [0.25, 0.3) is 44.3 Å². The fourth-order valence-electron chi connectivity index (χ4n) is 8.54. The van der Waals surface area contributed by atoms with Crippen LogP contribution in [0.3, 0.4) is 0 Å². The first-order chi connectivity index (χ1) is 26.3. The summed E-state index contributed by atoms with van der Waals surface area (Å²) in [5, 5.41) is 27.3. The number of aromatic hydroxyl groups is 1. The molecule has 0 unspecified atom stereocenters. The van der Waals surface area contributed by atoms with Crippen molar-refractivity contribution in [3.8, 4) is 16.9 Å². The van der Waals surface area contributed by atoms with Crippen LogP contribution in [-0.4, -0.2) is 22.0 Å². The number of phenols is 1. The molecule has 0 aromatic heterocycles. The monoisotopic (exact) mass is 727 g/mol. The summed E-state index contributed by atoms with van der Waals surface area (Å²) in [5.41, 5.74) is 9.62. The van der Waals surface area contributed by atoms with Crippen LogP contribution in [-0.2, 0) is 12.0 Å². The first-order valence-corrected chi connectivity index (χ1v) is 18.6. The Kier molecular flexibility index (Phi) is 8.80. The van der Waals surface area contributed by atoms with Crippen molar-refractivity contribution in [1.82, 2.24) is 0 Å². The lowest BCUT2D eigenvalue weighted by Gasteiger charge is -2.40. The van der Waals surface area contributed by atoms with Crippen LogP contribution >= 0.6 is 0 Å². The highest BCUT2D eigenvalue weighted by atomic mass is 19.1. The lowest BCUT2D eigenvalue weighted by atomic mass is 9.64. The standard InChI is InChI=1S/C49H42FNO4/c1-48(2)22-21-36-34(26-48)27-49(3,4)46-39(36)19-14-32-24-33(25-41(44(32)46)51-28-30-9-15-35(50)16-10-30)38-18-13-31-7-5-6-8-37(31)45(38)42(52)20-12-29-11-17-40(47(54)55)43(53)23-29/h5-25,51,53H,26-28H2,1-4H3,(H,54,55). The van der Waals surface area contributed by atoms with Crippen molar-refractivity contribution in [3.05, 3.63) is 166 Å². The summed E-state index contributed by atoms with van der Waals surface area (Å²) < 4.78 is 13.9. The molecule has 0 heterocycles. The maximum atomic E-state index is 14.3. The van der Waals surface area contributed by atoms with Gasteiger partial charge in [-0.05, 0) is 121 Å². The number of carboxylic acids is 1. The van der Waals surface area contributed by atoms with Crippen molar-refractivity contribution >= 4 is 50.6 Å². The maximum Gasteiger partial charge on any atom is 0.339 e. The third kappa shape index (κ3) is 6.74. The van der Waals surface area contributed by atoms with Crippen molar-refractivity contribution in [3.63, 3.8) is 0 Å². The second-order valence-electron chi connectivity index (χ2n) is 16.2. The number of halogens is 1. The van der Waals surface area contributed by atoms with E-state index >= 15 is 0 Å². The van der Waals surface area contributed by atoms with Gasteiger partial charge in [0.1, 0.15) is 17.1 Å². The molecule has 55 heavy (non-hydrogen) atoms. The van der Waals surface area contributed by atoms with E-state index in [1.807, 2.05) is 36.4 Å². The van der Waals surface area contributed by atoms with E-state index < -0.39 is 5.97 Å². The van der Waals surface area contributed by atoms with E-state index in [2.05, 4.69) is 69.4 Å². The number of ketones is 1. The van der Waals surface area contributed by atoms with E-state index in [-0.39, 0.29) is 33.7 Å². The zero-order valence-corrected chi connectivity index (χ0v) is 31.3. The van der Waals surface area contributed by atoms with E-state index in [1.54, 1.807) is 24.3 Å². The molecule has 0 aliphatic heterocycles. The molecule has 0 spiro atoms. The number of carbonyl (C=O) groups excluding carboxylic acids is 1. The Morgan fingerprint density at radius 2 is 1.58 bits per heavy atom. The summed E-state index contributed by atoms with van der Waals surface area (Å²) in [6.07, 6.45) is 9.67. The fraction of sp³-hybridized carbons (Fsp3) is 0.184. The van der Waals surface area contributed by atoms with E-state index in [9.17, 15) is 24.2 Å². The average molecular weight is 728 g/mol. The number of aromatic carboxylic acids is 1. The normalized spacial score (nSPS) is 15.7. The van der Waals surface area contributed by atoms with E-state index in [1.165, 1.54) is 52.6 Å². The number of rotatable bonds is 8. The highest BCUT2D eigenvalue weighted by Crippen LogP contribution is 2.52. The lowest BCUT2D eigenvalue weighted by molar-refractivity contribution is 0.0693. The second-order valence-corrected chi connectivity index (χ2v) is 16.2. The van der Waals surface area contributed by atoms with Gasteiger partial charge in [0.15, 0.2) is 5.78 Å². The Morgan fingerprint density at radius 3 is 2.35 bits per heavy atom. The number of nitrogens with one attached hydrogen (secondary N) is 1. The topological polar surface area (TPSA) is 86.6 Å². The van der Waals surface area contributed by atoms with Crippen LogP contribution in [0.1, 0.15) is 83.5 Å². The largest absolute Gasteiger partial charge is 0.507 e. The van der Waals surface area contributed by atoms with Crippen LogP contribution in [0, 0.1) is 11.2 Å². The number of hydrogen-bond donors (Lipinski definition) is 3. The van der Waals surface area contributed by atoms with E-state index in [4.69, 9.17) is 0 Å². The van der Waals surface area contributed by atoms with Crippen molar-refractivity contribution < 1.29 is 24.2 Å². The third-order valence-corrected chi connectivity index (χ3v) is 11.1. The smallest absolute Gasteiger partial charge is 0.339 e. The summed E-state index contributed by atoms with van der Waals surface area (Å²) in [7, 11) is 0. The Labute approximate surface area is 320 Å². The quantitative estimate of drug-likeness (QED) is 0.107. The van der Waals surface area contributed by atoms with Crippen LogP contribution in [0.4, 0.5) is 10.1 Å². The van der Waals surface area contributed by atoms with Crippen LogP contribution in [0.5, 0.6) is 5.75 Å². The zero-order chi connectivity index (χ0) is 38.6. The van der Waals surface area contributed by atoms with Gasteiger partial charge in [-0.3, -0.25) is 4.79 Å². The van der Waals surface area contributed by atoms with E-state index in [0.29, 0.717) is 17.7 Å². The van der Waals surface area contributed by atoms with Gasteiger partial charge in [-0.15, -0.1) is 0 Å². The second kappa shape index (κ2) is 13.5. The number of fused-ring (bicyclic) bond motifs is 5. The lowest BCUT2D eigenvalue weighted by Crippen LogP contribution is -2.28. The maximum absolute atomic E-state index is 14.3. The minimum absolute atomic E-state index is 0.108. The van der Waals surface area contributed by atoms with Crippen molar-refractivity contribution in [2.24, 2.45) is 5.41 Å². The number of benzene rings is 6. The van der Waals surface area contributed by atoms with Gasteiger partial charge in [0.05, 0.1) is 0 Å². The molecule has 0 bridgehead atoms. The van der Waals surface area contributed by atoms with Gasteiger partial charge in [0.25, 0.3) is 0 Å². The van der Waals surface area contributed by atoms with Gasteiger partial charge < -0.3 is 15.5 Å². The molecule has 6 aromatic rings. The Balaban J connectivity index is 1.30. The van der Waals surface area contributed by atoms with E-state index in [0.717, 1.165) is 56.8 Å². The highest BCUT2D eigenvalue weighted by molar-refractivity contribution is 6.19. The van der Waals surface area contributed by atoms with Gasteiger partial charge in [-0.2, -0.15) is 0 Å². The summed E-state index contributed by atoms with van der Waals surface area (Å²) in [5.74, 6) is -2.11. The molecule has 0 saturated heterocycles. The first-order valence-electron chi connectivity index (χ1n) is 18.6. The van der Waals surface area contributed by atoms with Gasteiger partial charge in [-0.1, -0.05) is 118 Å². The molecular weight excluding hydrogens is 686 g/mol. The molecule has 2 aliphatic rings. The SMILES string of the molecule is CC1(C)C=CC2=C(C1)CC(C)(C)c1c2ccc2cc(-c3ccc4ccccc4c3C(=O)C=Cc3ccc(C(=O)O)c(O)c3)cc(NCc3ccc(F)cc3)c12. The van der Waals surface area contributed by atoms with Gasteiger partial charge in [-0.25, -0.2) is 9.18 Å². The summed E-state index contributed by atoms with van der Waals surface area (Å²) in [6, 6.07) is 31.3. The van der Waals surface area contributed by atoms with Crippen LogP contribution in [0.15, 0.2) is 127 Å². The number of carboxylic acid groups (broad SMARTS) is 1. The molecule has 3 N–H and O–H groups in total. The van der Waals surface area contributed by atoms with Crippen molar-refractivity contribution in [1.29, 1.82) is 0 Å². The van der Waals surface area contributed by atoms with Crippen molar-refractivity contribution in [2.45, 2.75) is 52.5 Å². The molecule has 274 valence electrons. The number of allylic oxidation sites excluding steroid dienone is 5. The molecule has 8 rings (SSSR count). The minimum atomic E-state index is -1.23. The number of hydrogen-bond acceptors (Lipinski definition) is 4. The molecule has 5 nitrogen and oxygen atoms in total. The van der Waals surface area contributed by atoms with Crippen LogP contribution < -0.4 is 5.32 Å². The molecule has 0 fully saturated rings. The minimum Gasteiger partial charge on any atom is -0.507 e. The number of anilines is 1. The van der Waals surface area contributed by atoms with Crippen LogP contribution in [0.2, 0.25) is 0 Å². The molecule has 0 atom stereocenters. The van der Waals surface area contributed by atoms with Gasteiger partial charge in [0, 0.05) is 23.2 Å². The highest BCUT2D eigenvalue weighted by Gasteiger charge is 2.37. The molecule has 2 aliphatic carbocycles. The summed E-state index contributed by atoms with van der Waals surface area (Å²) in [4.78, 5) is 25.8.